The van der Waals surface area contributed by atoms with Crippen LogP contribution in [0.5, 0.6) is 0 Å². The van der Waals surface area contributed by atoms with Gasteiger partial charge in [0, 0.05) is 13.0 Å². The first-order valence-electron chi connectivity index (χ1n) is 4.96. The Labute approximate surface area is 84.1 Å². The van der Waals surface area contributed by atoms with Gasteiger partial charge in [-0.25, -0.2) is 0 Å². The van der Waals surface area contributed by atoms with Gasteiger partial charge in [-0.1, -0.05) is 13.8 Å². The van der Waals surface area contributed by atoms with Gasteiger partial charge in [-0.3, -0.25) is 4.79 Å². The molecule has 3 heteroatoms. The highest BCUT2D eigenvalue weighted by Crippen LogP contribution is 2.11. The summed E-state index contributed by atoms with van der Waals surface area (Å²) in [5.74, 6) is 0.749. The summed E-state index contributed by atoms with van der Waals surface area (Å²) < 4.78 is 10.3. The maximum absolute atomic E-state index is 11.6. The number of ether oxygens (including phenoxy) is 1. The Kier molecular flexibility index (Phi) is 4.40. The molecule has 0 amide bonds. The van der Waals surface area contributed by atoms with Crippen LogP contribution in [0.25, 0.3) is 0 Å². The minimum absolute atomic E-state index is 0.00375. The van der Waals surface area contributed by atoms with Crippen LogP contribution in [0.4, 0.5) is 0 Å². The second-order valence-electron chi connectivity index (χ2n) is 3.09. The first-order chi connectivity index (χ1) is 6.79. The van der Waals surface area contributed by atoms with Gasteiger partial charge in [0.2, 0.25) is 0 Å². The third-order valence-electron chi connectivity index (χ3n) is 1.95. The molecule has 1 aromatic rings. The van der Waals surface area contributed by atoms with E-state index in [0.29, 0.717) is 12.2 Å². The van der Waals surface area contributed by atoms with Crippen molar-refractivity contribution in [2.45, 2.75) is 26.7 Å². The molecule has 0 spiro atoms. The van der Waals surface area contributed by atoms with Crippen LogP contribution < -0.4 is 0 Å². The first kappa shape index (κ1) is 11.0. The average molecular weight is 196 g/mol. The molecule has 0 bridgehead atoms. The van der Waals surface area contributed by atoms with Crippen LogP contribution in [-0.2, 0) is 11.2 Å². The van der Waals surface area contributed by atoms with Gasteiger partial charge in [0.15, 0.2) is 5.78 Å². The highest BCUT2D eigenvalue weighted by atomic mass is 16.5. The lowest BCUT2D eigenvalue weighted by atomic mass is 10.1. The molecule has 0 aromatic carbocycles. The summed E-state index contributed by atoms with van der Waals surface area (Å²) >= 11 is 0. The fourth-order valence-corrected chi connectivity index (χ4v) is 1.25. The molecule has 1 heterocycles. The SMILES string of the molecule is CCCOCC(=O)c1ccoc1CC. The number of furan rings is 1. The average Bonchev–Trinajstić information content (AvgIpc) is 2.65. The van der Waals surface area contributed by atoms with Crippen LogP contribution in [0.1, 0.15) is 36.4 Å². The molecule has 3 nitrogen and oxygen atoms in total. The van der Waals surface area contributed by atoms with Crippen molar-refractivity contribution in [2.75, 3.05) is 13.2 Å². The second kappa shape index (κ2) is 5.60. The molecule has 0 aliphatic carbocycles. The van der Waals surface area contributed by atoms with Gasteiger partial charge in [-0.2, -0.15) is 0 Å². The molecule has 0 N–H and O–H groups in total. The van der Waals surface area contributed by atoms with E-state index in [-0.39, 0.29) is 12.4 Å². The third kappa shape index (κ3) is 2.70. The van der Waals surface area contributed by atoms with Crippen LogP contribution in [0.15, 0.2) is 16.7 Å². The van der Waals surface area contributed by atoms with Gasteiger partial charge in [0.05, 0.1) is 11.8 Å². The lowest BCUT2D eigenvalue weighted by Gasteiger charge is -2.01. The van der Waals surface area contributed by atoms with Gasteiger partial charge in [-0.05, 0) is 12.5 Å². The zero-order valence-electron chi connectivity index (χ0n) is 8.71. The van der Waals surface area contributed by atoms with E-state index < -0.39 is 0 Å². The number of Topliss-reactive ketones (excluding diaryl/α,β-unsaturated/α-hetero) is 1. The zero-order chi connectivity index (χ0) is 10.4. The summed E-state index contributed by atoms with van der Waals surface area (Å²) in [6.45, 7) is 4.76. The van der Waals surface area contributed by atoms with Crippen molar-refractivity contribution >= 4 is 5.78 Å². The predicted octanol–water partition coefficient (Wildman–Crippen LogP) is 2.45. The van der Waals surface area contributed by atoms with Crippen molar-refractivity contribution in [3.8, 4) is 0 Å². The Hall–Kier alpha value is -1.09. The van der Waals surface area contributed by atoms with E-state index in [1.165, 1.54) is 0 Å². The number of ketones is 1. The Balaban J connectivity index is 2.51. The third-order valence-corrected chi connectivity index (χ3v) is 1.95. The molecule has 0 aliphatic heterocycles. The summed E-state index contributed by atoms with van der Waals surface area (Å²) in [6.07, 6.45) is 3.22. The van der Waals surface area contributed by atoms with E-state index in [1.54, 1.807) is 12.3 Å². The maximum Gasteiger partial charge on any atom is 0.191 e. The number of carbonyl (C=O) groups is 1. The first-order valence-corrected chi connectivity index (χ1v) is 4.96. The number of hydrogen-bond acceptors (Lipinski definition) is 3. The van der Waals surface area contributed by atoms with Crippen LogP contribution in [0.2, 0.25) is 0 Å². The molecule has 0 saturated carbocycles. The molecular weight excluding hydrogens is 180 g/mol. The molecule has 0 unspecified atom stereocenters. The van der Waals surface area contributed by atoms with E-state index in [4.69, 9.17) is 9.15 Å². The van der Waals surface area contributed by atoms with Crippen LogP contribution in [0.3, 0.4) is 0 Å². The van der Waals surface area contributed by atoms with Crippen molar-refractivity contribution in [3.05, 3.63) is 23.7 Å². The van der Waals surface area contributed by atoms with Crippen molar-refractivity contribution in [1.82, 2.24) is 0 Å². The van der Waals surface area contributed by atoms with Crippen LogP contribution >= 0.6 is 0 Å². The summed E-state index contributed by atoms with van der Waals surface area (Å²) in [5.41, 5.74) is 0.656. The summed E-state index contributed by atoms with van der Waals surface area (Å²) in [5, 5.41) is 0. The van der Waals surface area contributed by atoms with Crippen molar-refractivity contribution in [2.24, 2.45) is 0 Å². The molecule has 1 aromatic heterocycles. The summed E-state index contributed by atoms with van der Waals surface area (Å²) in [6, 6.07) is 1.70. The largest absolute Gasteiger partial charge is 0.469 e. The fraction of sp³-hybridized carbons (Fsp3) is 0.545. The summed E-state index contributed by atoms with van der Waals surface area (Å²) in [4.78, 5) is 11.6. The quantitative estimate of drug-likeness (QED) is 0.518. The molecule has 1 rings (SSSR count). The second-order valence-corrected chi connectivity index (χ2v) is 3.09. The topological polar surface area (TPSA) is 39.4 Å². The van der Waals surface area contributed by atoms with Gasteiger partial charge in [0.1, 0.15) is 12.4 Å². The number of rotatable bonds is 6. The normalized spacial score (nSPS) is 10.4. The Morgan fingerprint density at radius 1 is 1.50 bits per heavy atom. The minimum atomic E-state index is 0.00375. The Bertz CT molecular complexity index is 288. The van der Waals surface area contributed by atoms with Crippen molar-refractivity contribution in [3.63, 3.8) is 0 Å². The van der Waals surface area contributed by atoms with Gasteiger partial charge < -0.3 is 9.15 Å². The molecule has 78 valence electrons. The maximum atomic E-state index is 11.6. The zero-order valence-corrected chi connectivity index (χ0v) is 8.71. The van der Waals surface area contributed by atoms with Crippen LogP contribution in [0, 0.1) is 0 Å². The molecule has 0 radical (unpaired) electrons. The number of hydrogen-bond donors (Lipinski definition) is 0. The van der Waals surface area contributed by atoms with E-state index in [9.17, 15) is 4.79 Å². The highest BCUT2D eigenvalue weighted by molar-refractivity contribution is 5.97. The Morgan fingerprint density at radius 3 is 2.93 bits per heavy atom. The number of aryl methyl sites for hydroxylation is 1. The summed E-state index contributed by atoms with van der Waals surface area (Å²) in [7, 11) is 0. The van der Waals surface area contributed by atoms with Crippen molar-refractivity contribution < 1.29 is 13.9 Å². The smallest absolute Gasteiger partial charge is 0.191 e. The fourth-order valence-electron chi connectivity index (χ4n) is 1.25. The van der Waals surface area contributed by atoms with Gasteiger partial charge in [-0.15, -0.1) is 0 Å². The lowest BCUT2D eigenvalue weighted by Crippen LogP contribution is -2.10. The molecule has 14 heavy (non-hydrogen) atoms. The molecule has 0 aliphatic rings. The molecule has 0 saturated heterocycles. The number of carbonyl (C=O) groups excluding carboxylic acids is 1. The predicted molar refractivity (Wildman–Crippen MR) is 53.5 cm³/mol. The highest BCUT2D eigenvalue weighted by Gasteiger charge is 2.12. The standard InChI is InChI=1S/C11H16O3/c1-3-6-13-8-10(12)9-5-7-14-11(9)4-2/h5,7H,3-4,6,8H2,1-2H3. The molecule has 0 fully saturated rings. The van der Waals surface area contributed by atoms with E-state index in [1.807, 2.05) is 13.8 Å². The molecule has 0 atom stereocenters. The van der Waals surface area contributed by atoms with Crippen LogP contribution in [-0.4, -0.2) is 19.0 Å². The van der Waals surface area contributed by atoms with Gasteiger partial charge >= 0.3 is 0 Å². The minimum Gasteiger partial charge on any atom is -0.469 e. The van der Waals surface area contributed by atoms with E-state index in [0.717, 1.165) is 18.6 Å². The van der Waals surface area contributed by atoms with E-state index >= 15 is 0 Å². The lowest BCUT2D eigenvalue weighted by molar-refractivity contribution is 0.0759. The van der Waals surface area contributed by atoms with Gasteiger partial charge in [0.25, 0.3) is 0 Å². The Morgan fingerprint density at radius 2 is 2.29 bits per heavy atom. The van der Waals surface area contributed by atoms with E-state index in [2.05, 4.69) is 0 Å². The monoisotopic (exact) mass is 196 g/mol. The van der Waals surface area contributed by atoms with Crippen molar-refractivity contribution in [1.29, 1.82) is 0 Å². The molecular formula is C11H16O3.